The normalized spacial score (nSPS) is 10.7. The second-order valence-corrected chi connectivity index (χ2v) is 4.45. The van der Waals surface area contributed by atoms with Crippen molar-refractivity contribution in [2.24, 2.45) is 5.73 Å². The quantitative estimate of drug-likeness (QED) is 0.724. The Kier molecular flexibility index (Phi) is 5.38. The molecule has 16 heavy (non-hydrogen) atoms. The van der Waals surface area contributed by atoms with Crippen LogP contribution in [0.25, 0.3) is 0 Å². The molecule has 0 bridgehead atoms. The maximum atomic E-state index is 8.79. The fourth-order valence-electron chi connectivity index (χ4n) is 1.53. The molecule has 0 atom stereocenters. The van der Waals surface area contributed by atoms with Gasteiger partial charge in [-0.05, 0) is 18.2 Å². The summed E-state index contributed by atoms with van der Waals surface area (Å²) < 4.78 is 0. The molecule has 0 aliphatic carbocycles. The fraction of sp³-hybridized carbons (Fsp3) is 0.417. The molecule has 0 amide bonds. The average Bonchev–Trinajstić information content (AvgIpc) is 2.20. The zero-order valence-corrected chi connectivity index (χ0v) is 10.3. The van der Waals surface area contributed by atoms with Gasteiger partial charge in [0.1, 0.15) is 0 Å². The summed E-state index contributed by atoms with van der Waals surface area (Å²) in [5.41, 5.74) is 7.84. The van der Waals surface area contributed by atoms with Crippen LogP contribution in [0.4, 0.5) is 0 Å². The number of likely N-dealkylation sites (N-methyl/N-ethyl adjacent to an activating group) is 1. The highest BCUT2D eigenvalue weighted by Gasteiger charge is 2.00. The highest BCUT2D eigenvalue weighted by molar-refractivity contribution is 7.80. The van der Waals surface area contributed by atoms with Gasteiger partial charge < -0.3 is 10.8 Å². The lowest BCUT2D eigenvalue weighted by Gasteiger charge is -2.15. The molecule has 0 spiro atoms. The third kappa shape index (κ3) is 4.70. The number of aliphatic hydroxyl groups excluding tert-OH is 1. The van der Waals surface area contributed by atoms with Crippen molar-refractivity contribution in [2.75, 3.05) is 20.2 Å². The first-order valence-corrected chi connectivity index (χ1v) is 5.68. The van der Waals surface area contributed by atoms with Gasteiger partial charge in [0.2, 0.25) is 0 Å². The van der Waals surface area contributed by atoms with Gasteiger partial charge in [0.05, 0.1) is 11.6 Å². The van der Waals surface area contributed by atoms with Crippen LogP contribution in [0.5, 0.6) is 0 Å². The molecule has 3 nitrogen and oxygen atoms in total. The van der Waals surface area contributed by atoms with Crippen molar-refractivity contribution in [3.05, 3.63) is 35.4 Å². The zero-order chi connectivity index (χ0) is 12.0. The predicted octanol–water partition coefficient (Wildman–Crippen LogP) is 0.939. The molecule has 0 unspecified atom stereocenters. The maximum absolute atomic E-state index is 8.79. The van der Waals surface area contributed by atoms with Crippen molar-refractivity contribution in [3.63, 3.8) is 0 Å². The monoisotopic (exact) mass is 238 g/mol. The predicted molar refractivity (Wildman–Crippen MR) is 70.4 cm³/mol. The summed E-state index contributed by atoms with van der Waals surface area (Å²) in [6.07, 6.45) is 0.655. The van der Waals surface area contributed by atoms with Crippen LogP contribution < -0.4 is 5.73 Å². The minimum atomic E-state index is 0.191. The van der Waals surface area contributed by atoms with Gasteiger partial charge >= 0.3 is 0 Å². The van der Waals surface area contributed by atoms with E-state index in [9.17, 15) is 0 Å². The molecule has 88 valence electrons. The molecule has 0 radical (unpaired) electrons. The van der Waals surface area contributed by atoms with Crippen LogP contribution in [0, 0.1) is 0 Å². The van der Waals surface area contributed by atoms with Gasteiger partial charge in [-0.25, -0.2) is 0 Å². The van der Waals surface area contributed by atoms with Crippen LogP contribution >= 0.6 is 12.2 Å². The first-order chi connectivity index (χ1) is 7.61. The summed E-state index contributed by atoms with van der Waals surface area (Å²) in [4.78, 5) is 2.59. The molecule has 0 aliphatic rings. The lowest BCUT2D eigenvalue weighted by Crippen LogP contribution is -2.21. The summed E-state index contributed by atoms with van der Waals surface area (Å²) in [5.74, 6) is 0. The van der Waals surface area contributed by atoms with Crippen LogP contribution in [-0.4, -0.2) is 35.2 Å². The van der Waals surface area contributed by atoms with E-state index in [1.54, 1.807) is 0 Å². The first-order valence-electron chi connectivity index (χ1n) is 5.27. The number of benzene rings is 1. The largest absolute Gasteiger partial charge is 0.395 e. The third-order valence-electron chi connectivity index (χ3n) is 2.34. The van der Waals surface area contributed by atoms with Gasteiger partial charge in [-0.2, -0.15) is 0 Å². The van der Waals surface area contributed by atoms with Gasteiger partial charge in [0.25, 0.3) is 0 Å². The van der Waals surface area contributed by atoms with Crippen molar-refractivity contribution in [1.29, 1.82) is 0 Å². The first kappa shape index (κ1) is 13.1. The third-order valence-corrected chi connectivity index (χ3v) is 2.48. The van der Waals surface area contributed by atoms with E-state index < -0.39 is 0 Å². The molecule has 3 N–H and O–H groups in total. The second-order valence-electron chi connectivity index (χ2n) is 3.92. The van der Waals surface area contributed by atoms with E-state index in [4.69, 9.17) is 23.1 Å². The summed E-state index contributed by atoms with van der Waals surface area (Å²) in [6, 6.07) is 8.23. The van der Waals surface area contributed by atoms with Crippen molar-refractivity contribution < 1.29 is 5.11 Å². The number of thiocarbonyl (C=S) groups is 1. The average molecular weight is 238 g/mol. The van der Waals surface area contributed by atoms with E-state index in [1.165, 1.54) is 5.56 Å². The van der Waals surface area contributed by atoms with E-state index in [0.717, 1.165) is 12.1 Å². The van der Waals surface area contributed by atoms with E-state index in [0.29, 0.717) is 18.0 Å². The molecule has 0 saturated carbocycles. The van der Waals surface area contributed by atoms with Crippen LogP contribution in [0.2, 0.25) is 0 Å². The molecular formula is C12H18N2OS. The van der Waals surface area contributed by atoms with Crippen LogP contribution in [0.1, 0.15) is 11.1 Å². The minimum Gasteiger partial charge on any atom is -0.395 e. The molecular weight excluding hydrogens is 220 g/mol. The number of aliphatic hydroxyl groups is 1. The van der Waals surface area contributed by atoms with Crippen molar-refractivity contribution in [1.82, 2.24) is 4.90 Å². The van der Waals surface area contributed by atoms with Crippen LogP contribution in [0.3, 0.4) is 0 Å². The van der Waals surface area contributed by atoms with Gasteiger partial charge in [0.15, 0.2) is 0 Å². The summed E-state index contributed by atoms with van der Waals surface area (Å²) >= 11 is 4.86. The SMILES string of the molecule is CN(CCO)Cc1ccc(CC(N)=S)cc1. The number of hydrogen-bond donors (Lipinski definition) is 2. The lowest BCUT2D eigenvalue weighted by molar-refractivity contribution is 0.217. The van der Waals surface area contributed by atoms with Gasteiger partial charge in [0, 0.05) is 19.5 Å². The standard InChI is InChI=1S/C12H18N2OS/c1-14(6-7-15)9-11-4-2-10(3-5-11)8-12(13)16/h2-5,15H,6-9H2,1H3,(H2,13,16). The molecule has 0 saturated heterocycles. The molecule has 0 aliphatic heterocycles. The highest BCUT2D eigenvalue weighted by atomic mass is 32.1. The number of rotatable bonds is 6. The van der Waals surface area contributed by atoms with Crippen LogP contribution in [-0.2, 0) is 13.0 Å². The van der Waals surface area contributed by atoms with Crippen molar-refractivity contribution >= 4 is 17.2 Å². The number of nitrogens with zero attached hydrogens (tertiary/aromatic N) is 1. The van der Waals surface area contributed by atoms with Crippen LogP contribution in [0.15, 0.2) is 24.3 Å². The highest BCUT2D eigenvalue weighted by Crippen LogP contribution is 2.07. The molecule has 0 heterocycles. The van der Waals surface area contributed by atoms with Gasteiger partial charge in [-0.15, -0.1) is 0 Å². The fourth-order valence-corrected chi connectivity index (χ4v) is 1.69. The molecule has 1 aromatic carbocycles. The Balaban J connectivity index is 2.54. The maximum Gasteiger partial charge on any atom is 0.0771 e. The summed E-state index contributed by atoms with van der Waals surface area (Å²) in [7, 11) is 1.99. The van der Waals surface area contributed by atoms with E-state index >= 15 is 0 Å². The molecule has 4 heteroatoms. The number of nitrogens with two attached hydrogens (primary N) is 1. The van der Waals surface area contributed by atoms with Crippen molar-refractivity contribution in [3.8, 4) is 0 Å². The Morgan fingerprint density at radius 1 is 1.31 bits per heavy atom. The Morgan fingerprint density at radius 3 is 2.38 bits per heavy atom. The number of hydrogen-bond acceptors (Lipinski definition) is 3. The van der Waals surface area contributed by atoms with Gasteiger partial charge in [-0.3, -0.25) is 4.90 Å². The van der Waals surface area contributed by atoms with E-state index in [1.807, 2.05) is 19.2 Å². The molecule has 1 rings (SSSR count). The minimum absolute atomic E-state index is 0.191. The topological polar surface area (TPSA) is 49.5 Å². The zero-order valence-electron chi connectivity index (χ0n) is 9.52. The van der Waals surface area contributed by atoms with E-state index in [2.05, 4.69) is 17.0 Å². The molecule has 0 aromatic heterocycles. The summed E-state index contributed by atoms with van der Waals surface area (Å²) in [6.45, 7) is 1.72. The lowest BCUT2D eigenvalue weighted by atomic mass is 10.1. The molecule has 0 fully saturated rings. The Bertz CT molecular complexity index is 337. The van der Waals surface area contributed by atoms with Gasteiger partial charge in [-0.1, -0.05) is 36.5 Å². The Labute approximate surface area is 102 Å². The van der Waals surface area contributed by atoms with Crippen molar-refractivity contribution in [2.45, 2.75) is 13.0 Å². The Hall–Kier alpha value is -0.970. The molecule has 1 aromatic rings. The Morgan fingerprint density at radius 2 is 1.88 bits per heavy atom. The smallest absolute Gasteiger partial charge is 0.0771 e. The van der Waals surface area contributed by atoms with E-state index in [-0.39, 0.29) is 6.61 Å². The summed E-state index contributed by atoms with van der Waals surface area (Å²) in [5, 5.41) is 8.79. The second kappa shape index (κ2) is 6.58.